The van der Waals surface area contributed by atoms with Gasteiger partial charge in [-0.3, -0.25) is 0 Å². The highest BCUT2D eigenvalue weighted by Gasteiger charge is 2.17. The van der Waals surface area contributed by atoms with Crippen LogP contribution in [0.4, 0.5) is 10.1 Å². The first-order valence-corrected chi connectivity index (χ1v) is 7.02. The summed E-state index contributed by atoms with van der Waals surface area (Å²) in [7, 11) is 0. The fraction of sp³-hybridized carbons (Fsp3) is 0.294. The van der Waals surface area contributed by atoms with Crippen molar-refractivity contribution >= 4 is 17.3 Å². The Morgan fingerprint density at radius 3 is 2.45 bits per heavy atom. The van der Waals surface area contributed by atoms with E-state index in [0.717, 1.165) is 11.3 Å². The third-order valence-electron chi connectivity index (χ3n) is 3.14. The molecule has 0 radical (unpaired) electrons. The molecule has 0 fully saturated rings. The van der Waals surface area contributed by atoms with E-state index in [2.05, 4.69) is 32.2 Å². The summed E-state index contributed by atoms with van der Waals surface area (Å²) in [6.07, 6.45) is 0. The smallest absolute Gasteiger partial charge is 0.125 e. The van der Waals surface area contributed by atoms with Crippen molar-refractivity contribution in [3.63, 3.8) is 0 Å². The van der Waals surface area contributed by atoms with Crippen molar-refractivity contribution in [2.75, 3.05) is 5.32 Å². The van der Waals surface area contributed by atoms with Crippen LogP contribution in [0.3, 0.4) is 0 Å². The molecule has 0 saturated carbocycles. The summed E-state index contributed by atoms with van der Waals surface area (Å²) in [6.45, 7) is 7.07. The first-order chi connectivity index (χ1) is 9.36. The molecule has 1 nitrogen and oxygen atoms in total. The maximum atomic E-state index is 13.3. The standard InChI is InChI=1S/C17H19ClFN/c1-17(2,3)15-6-4-5-7-16(15)20-11-12-8-13(18)10-14(19)9-12/h4-10,20H,11H2,1-3H3. The summed E-state index contributed by atoms with van der Waals surface area (Å²) in [4.78, 5) is 0. The molecule has 0 bridgehead atoms. The van der Waals surface area contributed by atoms with E-state index in [0.29, 0.717) is 11.6 Å². The number of para-hydroxylation sites is 1. The van der Waals surface area contributed by atoms with E-state index >= 15 is 0 Å². The molecule has 20 heavy (non-hydrogen) atoms. The van der Waals surface area contributed by atoms with Gasteiger partial charge in [0.05, 0.1) is 0 Å². The van der Waals surface area contributed by atoms with Crippen molar-refractivity contribution in [3.8, 4) is 0 Å². The van der Waals surface area contributed by atoms with E-state index in [9.17, 15) is 4.39 Å². The van der Waals surface area contributed by atoms with Gasteiger partial charge in [-0.15, -0.1) is 0 Å². The van der Waals surface area contributed by atoms with E-state index in [1.165, 1.54) is 17.7 Å². The van der Waals surface area contributed by atoms with Gasteiger partial charge in [0, 0.05) is 17.3 Å². The first kappa shape index (κ1) is 14.9. The summed E-state index contributed by atoms with van der Waals surface area (Å²) in [6, 6.07) is 12.8. The number of hydrogen-bond acceptors (Lipinski definition) is 1. The Labute approximate surface area is 124 Å². The Morgan fingerprint density at radius 1 is 1.10 bits per heavy atom. The van der Waals surface area contributed by atoms with Gasteiger partial charge < -0.3 is 5.32 Å². The Hall–Kier alpha value is -1.54. The molecule has 2 aromatic carbocycles. The average Bonchev–Trinajstić information content (AvgIpc) is 2.34. The lowest BCUT2D eigenvalue weighted by Crippen LogP contribution is -2.14. The zero-order chi connectivity index (χ0) is 14.8. The van der Waals surface area contributed by atoms with Gasteiger partial charge in [0.2, 0.25) is 0 Å². The minimum atomic E-state index is -0.307. The van der Waals surface area contributed by atoms with Crippen molar-refractivity contribution in [1.82, 2.24) is 0 Å². The van der Waals surface area contributed by atoms with Crippen molar-refractivity contribution in [2.45, 2.75) is 32.7 Å². The highest BCUT2D eigenvalue weighted by atomic mass is 35.5. The van der Waals surface area contributed by atoms with Gasteiger partial charge >= 0.3 is 0 Å². The van der Waals surface area contributed by atoms with Crippen LogP contribution in [0, 0.1) is 5.82 Å². The van der Waals surface area contributed by atoms with Gasteiger partial charge in [0.25, 0.3) is 0 Å². The second kappa shape index (κ2) is 5.84. The van der Waals surface area contributed by atoms with E-state index in [1.54, 1.807) is 6.07 Å². The Bertz CT molecular complexity index is 582. The first-order valence-electron chi connectivity index (χ1n) is 6.64. The molecule has 0 aliphatic carbocycles. The monoisotopic (exact) mass is 291 g/mol. The number of halogens is 2. The normalized spacial score (nSPS) is 11.4. The van der Waals surface area contributed by atoms with Gasteiger partial charge in [-0.25, -0.2) is 4.39 Å². The number of hydrogen-bond donors (Lipinski definition) is 1. The van der Waals surface area contributed by atoms with Gasteiger partial charge in [0.1, 0.15) is 5.82 Å². The second-order valence-electron chi connectivity index (χ2n) is 5.93. The SMILES string of the molecule is CC(C)(C)c1ccccc1NCc1cc(F)cc(Cl)c1. The number of nitrogens with one attached hydrogen (secondary N) is 1. The van der Waals surface area contributed by atoms with Crippen LogP contribution in [0.5, 0.6) is 0 Å². The van der Waals surface area contributed by atoms with Gasteiger partial charge in [-0.1, -0.05) is 50.6 Å². The van der Waals surface area contributed by atoms with Crippen LogP contribution < -0.4 is 5.32 Å². The quantitative estimate of drug-likeness (QED) is 0.799. The number of rotatable bonds is 3. The number of anilines is 1. The molecule has 2 rings (SSSR count). The van der Waals surface area contributed by atoms with Gasteiger partial charge in [-0.2, -0.15) is 0 Å². The molecular formula is C17H19ClFN. The van der Waals surface area contributed by atoms with E-state index < -0.39 is 0 Å². The largest absolute Gasteiger partial charge is 0.381 e. The minimum Gasteiger partial charge on any atom is -0.381 e. The van der Waals surface area contributed by atoms with Crippen molar-refractivity contribution < 1.29 is 4.39 Å². The fourth-order valence-electron chi connectivity index (χ4n) is 2.20. The molecule has 106 valence electrons. The predicted molar refractivity (Wildman–Crippen MR) is 83.9 cm³/mol. The van der Waals surface area contributed by atoms with Crippen LogP contribution in [0.15, 0.2) is 42.5 Å². The predicted octanol–water partition coefficient (Wildman–Crippen LogP) is 5.39. The summed E-state index contributed by atoms with van der Waals surface area (Å²) >= 11 is 5.87. The number of benzene rings is 2. The molecule has 0 unspecified atom stereocenters. The topological polar surface area (TPSA) is 12.0 Å². The van der Waals surface area contributed by atoms with Crippen molar-refractivity contribution in [1.29, 1.82) is 0 Å². The highest BCUT2D eigenvalue weighted by Crippen LogP contribution is 2.29. The molecule has 0 saturated heterocycles. The average molecular weight is 292 g/mol. The van der Waals surface area contributed by atoms with Gasteiger partial charge in [0.15, 0.2) is 0 Å². The molecule has 0 atom stereocenters. The van der Waals surface area contributed by atoms with Crippen molar-refractivity contribution in [3.05, 3.63) is 64.4 Å². The maximum Gasteiger partial charge on any atom is 0.125 e. The second-order valence-corrected chi connectivity index (χ2v) is 6.36. The summed E-state index contributed by atoms with van der Waals surface area (Å²) in [5, 5.41) is 3.79. The van der Waals surface area contributed by atoms with Crippen LogP contribution in [0.25, 0.3) is 0 Å². The molecule has 0 aromatic heterocycles. The zero-order valence-corrected chi connectivity index (χ0v) is 12.8. The third-order valence-corrected chi connectivity index (χ3v) is 3.36. The van der Waals surface area contributed by atoms with E-state index in [-0.39, 0.29) is 11.2 Å². The summed E-state index contributed by atoms with van der Waals surface area (Å²) < 4.78 is 13.3. The molecule has 0 aliphatic heterocycles. The Morgan fingerprint density at radius 2 is 1.80 bits per heavy atom. The fourth-order valence-corrected chi connectivity index (χ4v) is 2.45. The molecule has 0 aliphatic rings. The Kier molecular flexibility index (Phi) is 4.34. The molecule has 0 amide bonds. The van der Waals surface area contributed by atoms with Crippen LogP contribution in [-0.2, 0) is 12.0 Å². The minimum absolute atomic E-state index is 0.0587. The summed E-state index contributed by atoms with van der Waals surface area (Å²) in [5.74, 6) is -0.307. The molecule has 3 heteroatoms. The zero-order valence-electron chi connectivity index (χ0n) is 12.0. The van der Waals surface area contributed by atoms with Crippen molar-refractivity contribution in [2.24, 2.45) is 0 Å². The van der Waals surface area contributed by atoms with Crippen LogP contribution in [-0.4, -0.2) is 0 Å². The third kappa shape index (κ3) is 3.73. The lowest BCUT2D eigenvalue weighted by Gasteiger charge is -2.23. The molecule has 0 spiro atoms. The molecule has 0 heterocycles. The molecule has 1 N–H and O–H groups in total. The molecular weight excluding hydrogens is 273 g/mol. The van der Waals surface area contributed by atoms with Crippen LogP contribution >= 0.6 is 11.6 Å². The highest BCUT2D eigenvalue weighted by molar-refractivity contribution is 6.30. The van der Waals surface area contributed by atoms with Gasteiger partial charge in [-0.05, 0) is 40.8 Å². The van der Waals surface area contributed by atoms with E-state index in [1.807, 2.05) is 18.2 Å². The van der Waals surface area contributed by atoms with Crippen LogP contribution in [0.2, 0.25) is 5.02 Å². The summed E-state index contributed by atoms with van der Waals surface area (Å²) in [5.41, 5.74) is 3.20. The van der Waals surface area contributed by atoms with E-state index in [4.69, 9.17) is 11.6 Å². The Balaban J connectivity index is 2.19. The lowest BCUT2D eigenvalue weighted by atomic mass is 9.86. The lowest BCUT2D eigenvalue weighted by molar-refractivity contribution is 0.591. The maximum absolute atomic E-state index is 13.3. The van der Waals surface area contributed by atoms with Crippen LogP contribution in [0.1, 0.15) is 31.9 Å². The molecule has 2 aromatic rings.